The molecule has 2 heterocycles. The van der Waals surface area contributed by atoms with E-state index >= 15 is 0 Å². The fraction of sp³-hybridized carbons (Fsp3) is 0.300. The number of para-hydroxylation sites is 1. The van der Waals surface area contributed by atoms with Gasteiger partial charge in [-0.1, -0.05) is 18.2 Å². The van der Waals surface area contributed by atoms with Gasteiger partial charge in [-0.05, 0) is 50.2 Å². The van der Waals surface area contributed by atoms with Crippen molar-refractivity contribution in [2.75, 3.05) is 26.2 Å². The number of carbonyl (C=O) groups is 1. The van der Waals surface area contributed by atoms with Crippen molar-refractivity contribution in [3.8, 4) is 5.69 Å². The molecule has 27 heavy (non-hydrogen) atoms. The largest absolute Gasteiger partial charge is 0.337 e. The zero-order valence-electron chi connectivity index (χ0n) is 15.2. The van der Waals surface area contributed by atoms with Crippen LogP contribution in [0.4, 0.5) is 0 Å². The molecule has 1 N–H and O–H groups in total. The van der Waals surface area contributed by atoms with Gasteiger partial charge in [-0.25, -0.2) is 4.98 Å². The highest BCUT2D eigenvalue weighted by molar-refractivity contribution is 5.97. The fourth-order valence-corrected chi connectivity index (χ4v) is 3.47. The molecule has 0 saturated carbocycles. The van der Waals surface area contributed by atoms with E-state index in [1.165, 1.54) is 0 Å². The molecule has 0 aliphatic carbocycles. The Bertz CT molecular complexity index is 903. The first-order valence-corrected chi connectivity index (χ1v) is 8.78. The Hall–Kier alpha value is -2.08. The summed E-state index contributed by atoms with van der Waals surface area (Å²) in [5, 5.41) is 3.33. The first-order valence-electron chi connectivity index (χ1n) is 8.78. The number of amides is 1. The van der Waals surface area contributed by atoms with Crippen LogP contribution in [0, 0.1) is 6.92 Å². The molecule has 5 nitrogen and oxygen atoms in total. The summed E-state index contributed by atoms with van der Waals surface area (Å²) in [5.74, 6) is 1.02. The minimum absolute atomic E-state index is 0. The molecule has 4 rings (SSSR count). The molecule has 144 valence electrons. The van der Waals surface area contributed by atoms with Crippen LogP contribution in [0.1, 0.15) is 22.6 Å². The highest BCUT2D eigenvalue weighted by atomic mass is 35.5. The van der Waals surface area contributed by atoms with Crippen LogP contribution in [0.15, 0.2) is 48.5 Å². The van der Waals surface area contributed by atoms with E-state index in [1.54, 1.807) is 0 Å². The second-order valence-electron chi connectivity index (χ2n) is 6.43. The monoisotopic (exact) mass is 406 g/mol. The Labute approximate surface area is 171 Å². The smallest absolute Gasteiger partial charge is 0.253 e. The highest BCUT2D eigenvalue weighted by Gasteiger charge is 2.18. The van der Waals surface area contributed by atoms with Crippen molar-refractivity contribution >= 4 is 41.8 Å². The van der Waals surface area contributed by atoms with Crippen LogP contribution in [-0.4, -0.2) is 46.5 Å². The zero-order valence-corrected chi connectivity index (χ0v) is 16.9. The van der Waals surface area contributed by atoms with Crippen molar-refractivity contribution in [3.63, 3.8) is 0 Å². The third-order valence-corrected chi connectivity index (χ3v) is 4.71. The Balaban J connectivity index is 0.00000131. The van der Waals surface area contributed by atoms with Crippen molar-refractivity contribution in [1.82, 2.24) is 19.8 Å². The van der Waals surface area contributed by atoms with E-state index < -0.39 is 0 Å². The molecule has 1 aliphatic rings. The summed E-state index contributed by atoms with van der Waals surface area (Å²) >= 11 is 0. The van der Waals surface area contributed by atoms with E-state index in [1.807, 2.05) is 48.2 Å². The average Bonchev–Trinajstić information content (AvgIpc) is 2.80. The summed E-state index contributed by atoms with van der Waals surface area (Å²) in [6, 6.07) is 16.0. The zero-order chi connectivity index (χ0) is 17.2. The molecule has 1 saturated heterocycles. The Morgan fingerprint density at radius 2 is 1.81 bits per heavy atom. The molecule has 0 atom stereocenters. The van der Waals surface area contributed by atoms with Gasteiger partial charge in [0.25, 0.3) is 5.91 Å². The van der Waals surface area contributed by atoms with Crippen LogP contribution < -0.4 is 5.32 Å². The first kappa shape index (κ1) is 21.2. The van der Waals surface area contributed by atoms with Gasteiger partial charge in [-0.3, -0.25) is 9.36 Å². The molecule has 7 heteroatoms. The standard InChI is InChI=1S/C20H22N4O.2ClH/c1-15-22-18-14-16(20(25)23-12-5-10-21-11-13-23)8-9-19(18)24(15)17-6-3-2-4-7-17;;/h2-4,6-9,14,21H,5,10-13H2,1H3;2*1H. The quantitative estimate of drug-likeness (QED) is 0.706. The van der Waals surface area contributed by atoms with E-state index in [0.29, 0.717) is 5.56 Å². The maximum atomic E-state index is 12.8. The SMILES string of the molecule is Cc1nc2cc(C(=O)N3CCCNCC3)ccc2n1-c1ccccc1.Cl.Cl. The molecule has 1 aromatic heterocycles. The van der Waals surface area contributed by atoms with Crippen molar-refractivity contribution in [1.29, 1.82) is 0 Å². The third-order valence-electron chi connectivity index (χ3n) is 4.71. The molecule has 1 aliphatic heterocycles. The van der Waals surface area contributed by atoms with Gasteiger partial charge in [-0.2, -0.15) is 0 Å². The molecule has 1 amide bonds. The summed E-state index contributed by atoms with van der Waals surface area (Å²) in [4.78, 5) is 19.4. The van der Waals surface area contributed by atoms with Gasteiger partial charge in [0, 0.05) is 30.9 Å². The summed E-state index contributed by atoms with van der Waals surface area (Å²) in [6.07, 6.45) is 0.996. The van der Waals surface area contributed by atoms with Gasteiger partial charge >= 0.3 is 0 Å². The van der Waals surface area contributed by atoms with E-state index in [4.69, 9.17) is 0 Å². The molecule has 0 radical (unpaired) electrons. The van der Waals surface area contributed by atoms with Crippen molar-refractivity contribution < 1.29 is 4.79 Å². The third kappa shape index (κ3) is 4.26. The van der Waals surface area contributed by atoms with Crippen molar-refractivity contribution in [2.24, 2.45) is 0 Å². The Kier molecular flexibility index (Phi) is 7.25. The second kappa shape index (κ2) is 9.22. The van der Waals surface area contributed by atoms with Crippen LogP contribution in [0.25, 0.3) is 16.7 Å². The predicted molar refractivity (Wildman–Crippen MR) is 114 cm³/mol. The fourth-order valence-electron chi connectivity index (χ4n) is 3.47. The van der Waals surface area contributed by atoms with Gasteiger partial charge in [0.05, 0.1) is 11.0 Å². The van der Waals surface area contributed by atoms with Crippen LogP contribution in [-0.2, 0) is 0 Å². The number of halogens is 2. The lowest BCUT2D eigenvalue weighted by Gasteiger charge is -2.20. The molecule has 0 spiro atoms. The second-order valence-corrected chi connectivity index (χ2v) is 6.43. The number of nitrogens with one attached hydrogen (secondary N) is 1. The van der Waals surface area contributed by atoms with Gasteiger partial charge in [-0.15, -0.1) is 24.8 Å². The Morgan fingerprint density at radius 3 is 2.59 bits per heavy atom. The molecule has 2 aromatic carbocycles. The van der Waals surface area contributed by atoms with Crippen LogP contribution in [0.5, 0.6) is 0 Å². The number of imidazole rings is 1. The van der Waals surface area contributed by atoms with E-state index in [-0.39, 0.29) is 30.7 Å². The number of hydrogen-bond donors (Lipinski definition) is 1. The molecular formula is C20H24Cl2N4O. The lowest BCUT2D eigenvalue weighted by atomic mass is 10.1. The number of aryl methyl sites for hydroxylation is 1. The Morgan fingerprint density at radius 1 is 1.04 bits per heavy atom. The number of benzene rings is 2. The molecule has 3 aromatic rings. The van der Waals surface area contributed by atoms with E-state index in [0.717, 1.165) is 55.1 Å². The molecule has 0 bridgehead atoms. The first-order chi connectivity index (χ1) is 12.2. The topological polar surface area (TPSA) is 50.2 Å². The minimum atomic E-state index is 0. The number of fused-ring (bicyclic) bond motifs is 1. The number of carbonyl (C=O) groups excluding carboxylic acids is 1. The summed E-state index contributed by atoms with van der Waals surface area (Å²) in [5.41, 5.74) is 3.69. The molecule has 1 fully saturated rings. The lowest BCUT2D eigenvalue weighted by Crippen LogP contribution is -2.34. The lowest BCUT2D eigenvalue weighted by molar-refractivity contribution is 0.0766. The number of nitrogens with zero attached hydrogens (tertiary/aromatic N) is 3. The van der Waals surface area contributed by atoms with Crippen LogP contribution in [0.3, 0.4) is 0 Å². The molecular weight excluding hydrogens is 383 g/mol. The van der Waals surface area contributed by atoms with Crippen LogP contribution >= 0.6 is 24.8 Å². The highest BCUT2D eigenvalue weighted by Crippen LogP contribution is 2.23. The summed E-state index contributed by atoms with van der Waals surface area (Å²) in [6.45, 7) is 5.39. The van der Waals surface area contributed by atoms with Crippen molar-refractivity contribution in [2.45, 2.75) is 13.3 Å². The van der Waals surface area contributed by atoms with E-state index in [9.17, 15) is 4.79 Å². The van der Waals surface area contributed by atoms with Gasteiger partial charge in [0.1, 0.15) is 5.82 Å². The maximum absolute atomic E-state index is 12.8. The van der Waals surface area contributed by atoms with Gasteiger partial charge in [0.2, 0.25) is 0 Å². The number of hydrogen-bond acceptors (Lipinski definition) is 3. The maximum Gasteiger partial charge on any atom is 0.253 e. The van der Waals surface area contributed by atoms with Gasteiger partial charge < -0.3 is 10.2 Å². The van der Waals surface area contributed by atoms with Crippen LogP contribution in [0.2, 0.25) is 0 Å². The summed E-state index contributed by atoms with van der Waals surface area (Å²) in [7, 11) is 0. The van der Waals surface area contributed by atoms with E-state index in [2.05, 4.69) is 27.0 Å². The molecule has 0 unspecified atom stereocenters. The van der Waals surface area contributed by atoms with Crippen molar-refractivity contribution in [3.05, 3.63) is 59.9 Å². The predicted octanol–water partition coefficient (Wildman–Crippen LogP) is 3.61. The number of aromatic nitrogens is 2. The van der Waals surface area contributed by atoms with Gasteiger partial charge in [0.15, 0.2) is 0 Å². The normalized spacial score (nSPS) is 14.2. The minimum Gasteiger partial charge on any atom is -0.337 e. The average molecular weight is 407 g/mol. The number of rotatable bonds is 2. The summed E-state index contributed by atoms with van der Waals surface area (Å²) < 4.78 is 2.12.